The van der Waals surface area contributed by atoms with Gasteiger partial charge in [-0.1, -0.05) is 20.8 Å². The van der Waals surface area contributed by atoms with Crippen LogP contribution in [-0.4, -0.2) is 16.9 Å². The number of carbonyl (C=O) groups excluding carboxylic acids is 1. The van der Waals surface area contributed by atoms with Gasteiger partial charge >= 0.3 is 0 Å². The number of carbonyl (C=O) groups is 1. The smallest absolute Gasteiger partial charge is 0.238 e. The lowest BCUT2D eigenvalue weighted by atomic mass is 9.87. The maximum absolute atomic E-state index is 11.9. The molecule has 1 heterocycles. The number of nitrogens with zero attached hydrogens (tertiary/aromatic N) is 1. The molecular formula is C12H21N3OS. The van der Waals surface area contributed by atoms with E-state index in [2.05, 4.69) is 10.3 Å². The summed E-state index contributed by atoms with van der Waals surface area (Å²) in [4.78, 5) is 17.3. The maximum Gasteiger partial charge on any atom is 0.238 e. The summed E-state index contributed by atoms with van der Waals surface area (Å²) < 4.78 is 0. The molecule has 0 aliphatic carbocycles. The van der Waals surface area contributed by atoms with Gasteiger partial charge in [-0.05, 0) is 19.3 Å². The number of hydrogen-bond acceptors (Lipinski definition) is 4. The van der Waals surface area contributed by atoms with Crippen LogP contribution in [-0.2, 0) is 4.79 Å². The topological polar surface area (TPSA) is 68.0 Å². The van der Waals surface area contributed by atoms with Gasteiger partial charge in [-0.15, -0.1) is 11.3 Å². The minimum Gasteiger partial charge on any atom is -0.346 e. The van der Waals surface area contributed by atoms with E-state index in [0.29, 0.717) is 0 Å². The Morgan fingerprint density at radius 1 is 1.53 bits per heavy atom. The normalized spacial score (nSPS) is 15.4. The first kappa shape index (κ1) is 14.1. The molecule has 1 unspecified atom stereocenters. The zero-order valence-corrected chi connectivity index (χ0v) is 11.9. The summed E-state index contributed by atoms with van der Waals surface area (Å²) in [5, 5.41) is 3.81. The summed E-state index contributed by atoms with van der Waals surface area (Å²) >= 11 is 1.59. The Labute approximate surface area is 107 Å². The van der Waals surface area contributed by atoms with Crippen molar-refractivity contribution < 1.29 is 4.79 Å². The monoisotopic (exact) mass is 255 g/mol. The molecule has 1 aromatic heterocycles. The third-order valence-corrected chi connectivity index (χ3v) is 3.68. The van der Waals surface area contributed by atoms with Crippen molar-refractivity contribution in [3.63, 3.8) is 0 Å². The van der Waals surface area contributed by atoms with Gasteiger partial charge in [-0.2, -0.15) is 0 Å². The molecule has 3 N–H and O–H groups in total. The molecule has 0 bridgehead atoms. The van der Waals surface area contributed by atoms with Crippen LogP contribution in [0.2, 0.25) is 0 Å². The van der Waals surface area contributed by atoms with E-state index in [9.17, 15) is 4.79 Å². The lowest BCUT2D eigenvalue weighted by molar-refractivity contribution is -0.125. The second-order valence-electron chi connectivity index (χ2n) is 5.38. The second-order valence-corrected chi connectivity index (χ2v) is 6.65. The Kier molecular flexibility index (Phi) is 4.27. The first-order valence-corrected chi connectivity index (χ1v) is 6.51. The van der Waals surface area contributed by atoms with Gasteiger partial charge in [-0.3, -0.25) is 4.79 Å². The van der Waals surface area contributed by atoms with Crippen LogP contribution in [0.4, 0.5) is 0 Å². The van der Waals surface area contributed by atoms with Crippen LogP contribution in [0.3, 0.4) is 0 Å². The Hall–Kier alpha value is -0.940. The van der Waals surface area contributed by atoms with Gasteiger partial charge in [0.15, 0.2) is 0 Å². The molecule has 0 radical (unpaired) electrons. The molecule has 0 saturated carbocycles. The van der Waals surface area contributed by atoms with E-state index < -0.39 is 6.04 Å². The van der Waals surface area contributed by atoms with Gasteiger partial charge < -0.3 is 11.1 Å². The van der Waals surface area contributed by atoms with Crippen molar-refractivity contribution in [2.75, 3.05) is 0 Å². The Balaban J connectivity index is 2.63. The molecule has 5 heteroatoms. The fourth-order valence-electron chi connectivity index (χ4n) is 1.33. The quantitative estimate of drug-likeness (QED) is 0.868. The van der Waals surface area contributed by atoms with E-state index >= 15 is 0 Å². The molecule has 1 aromatic rings. The molecule has 0 aliphatic rings. The Morgan fingerprint density at radius 2 is 2.12 bits per heavy atom. The predicted octanol–water partition coefficient (Wildman–Crippen LogP) is 2.00. The van der Waals surface area contributed by atoms with E-state index in [-0.39, 0.29) is 17.4 Å². The lowest BCUT2D eigenvalue weighted by Crippen LogP contribution is -2.49. The van der Waals surface area contributed by atoms with Crippen LogP contribution in [0.1, 0.15) is 43.6 Å². The van der Waals surface area contributed by atoms with Crippen LogP contribution in [0, 0.1) is 12.3 Å². The fraction of sp³-hybridized carbons (Fsp3) is 0.667. The minimum atomic E-state index is -0.508. The summed E-state index contributed by atoms with van der Waals surface area (Å²) in [6.45, 7) is 9.78. The summed E-state index contributed by atoms with van der Waals surface area (Å²) in [6.07, 6.45) is 1.81. The first-order valence-electron chi connectivity index (χ1n) is 5.70. The molecule has 17 heavy (non-hydrogen) atoms. The summed E-state index contributed by atoms with van der Waals surface area (Å²) in [6, 6.07) is -0.597. The summed E-state index contributed by atoms with van der Waals surface area (Å²) in [5.41, 5.74) is 5.66. The van der Waals surface area contributed by atoms with Crippen molar-refractivity contribution >= 4 is 17.2 Å². The number of hydrogen-bond donors (Lipinski definition) is 2. The molecular weight excluding hydrogens is 234 g/mol. The van der Waals surface area contributed by atoms with Crippen molar-refractivity contribution in [1.29, 1.82) is 0 Å². The highest BCUT2D eigenvalue weighted by molar-refractivity contribution is 7.11. The average molecular weight is 255 g/mol. The SMILES string of the molecule is Cc1cnc(C(C)NC(=O)[C@H](N)C(C)(C)C)s1. The van der Waals surface area contributed by atoms with Crippen LogP contribution in [0.5, 0.6) is 0 Å². The molecule has 1 amide bonds. The van der Waals surface area contributed by atoms with E-state index in [1.54, 1.807) is 11.3 Å². The van der Waals surface area contributed by atoms with Crippen molar-refractivity contribution in [3.05, 3.63) is 16.1 Å². The number of rotatable bonds is 3. The lowest BCUT2D eigenvalue weighted by Gasteiger charge is -2.27. The standard InChI is InChI=1S/C12H21N3OS/c1-7-6-14-11(17-7)8(2)15-10(16)9(13)12(3,4)5/h6,8-9H,13H2,1-5H3,(H,15,16)/t8?,9-/m0/s1. The van der Waals surface area contributed by atoms with Gasteiger partial charge in [0.1, 0.15) is 5.01 Å². The molecule has 0 spiro atoms. The molecule has 2 atom stereocenters. The van der Waals surface area contributed by atoms with Gasteiger partial charge in [0.05, 0.1) is 12.1 Å². The second kappa shape index (κ2) is 5.14. The van der Waals surface area contributed by atoms with Gasteiger partial charge in [0.2, 0.25) is 5.91 Å². The predicted molar refractivity (Wildman–Crippen MR) is 70.8 cm³/mol. The molecule has 1 rings (SSSR count). The van der Waals surface area contributed by atoms with Crippen LogP contribution in [0.25, 0.3) is 0 Å². The Morgan fingerprint density at radius 3 is 2.53 bits per heavy atom. The largest absolute Gasteiger partial charge is 0.346 e. The van der Waals surface area contributed by atoms with Crippen LogP contribution in [0.15, 0.2) is 6.20 Å². The third-order valence-electron chi connectivity index (χ3n) is 2.58. The number of nitrogens with two attached hydrogens (primary N) is 1. The van der Waals surface area contributed by atoms with E-state index in [0.717, 1.165) is 9.88 Å². The molecule has 0 saturated heterocycles. The Bertz CT molecular complexity index is 395. The maximum atomic E-state index is 11.9. The molecule has 96 valence electrons. The summed E-state index contributed by atoms with van der Waals surface area (Å²) in [7, 11) is 0. The zero-order chi connectivity index (χ0) is 13.2. The van der Waals surface area contributed by atoms with Gasteiger partial charge in [0, 0.05) is 11.1 Å². The highest BCUT2D eigenvalue weighted by Crippen LogP contribution is 2.21. The van der Waals surface area contributed by atoms with E-state index in [1.807, 2.05) is 40.8 Å². The van der Waals surface area contributed by atoms with Crippen LogP contribution < -0.4 is 11.1 Å². The number of amides is 1. The number of aromatic nitrogens is 1. The highest BCUT2D eigenvalue weighted by Gasteiger charge is 2.28. The molecule has 0 fully saturated rings. The first-order chi connectivity index (χ1) is 7.71. The average Bonchev–Trinajstić information content (AvgIpc) is 2.62. The van der Waals surface area contributed by atoms with E-state index in [4.69, 9.17) is 5.73 Å². The molecule has 0 aliphatic heterocycles. The van der Waals surface area contributed by atoms with Gasteiger partial charge in [0.25, 0.3) is 0 Å². The molecule has 0 aromatic carbocycles. The van der Waals surface area contributed by atoms with Crippen molar-refractivity contribution in [2.24, 2.45) is 11.1 Å². The number of nitrogens with one attached hydrogen (secondary N) is 1. The highest BCUT2D eigenvalue weighted by atomic mass is 32.1. The number of thiazole rings is 1. The number of aryl methyl sites for hydroxylation is 1. The summed E-state index contributed by atoms with van der Waals surface area (Å²) in [5.74, 6) is -0.127. The minimum absolute atomic E-state index is 0.0883. The van der Waals surface area contributed by atoms with Crippen molar-refractivity contribution in [2.45, 2.75) is 46.7 Å². The van der Waals surface area contributed by atoms with E-state index in [1.165, 1.54) is 0 Å². The zero-order valence-electron chi connectivity index (χ0n) is 11.1. The van der Waals surface area contributed by atoms with Crippen molar-refractivity contribution in [3.8, 4) is 0 Å². The third kappa shape index (κ3) is 3.78. The van der Waals surface area contributed by atoms with Gasteiger partial charge in [-0.25, -0.2) is 4.98 Å². The van der Waals surface area contributed by atoms with Crippen LogP contribution >= 0.6 is 11.3 Å². The van der Waals surface area contributed by atoms with Crippen molar-refractivity contribution in [1.82, 2.24) is 10.3 Å². The fourth-order valence-corrected chi connectivity index (χ4v) is 2.11. The molecule has 4 nitrogen and oxygen atoms in total.